The van der Waals surface area contributed by atoms with Gasteiger partial charge < -0.3 is 10.6 Å². The van der Waals surface area contributed by atoms with Gasteiger partial charge in [0.05, 0.1) is 16.2 Å². The van der Waals surface area contributed by atoms with Crippen molar-refractivity contribution in [2.45, 2.75) is 16.3 Å². The van der Waals surface area contributed by atoms with Crippen LogP contribution in [0.2, 0.25) is 5.02 Å². The Morgan fingerprint density at radius 3 is 2.23 bits per heavy atom. The lowest BCUT2D eigenvalue weighted by Crippen LogP contribution is -2.21. The number of rotatable bonds is 8. The third-order valence-corrected chi connectivity index (χ3v) is 7.05. The van der Waals surface area contributed by atoms with Crippen LogP contribution in [0.3, 0.4) is 0 Å². The molecule has 0 aliphatic carbocycles. The van der Waals surface area contributed by atoms with E-state index in [-0.39, 0.29) is 16.3 Å². The van der Waals surface area contributed by atoms with Crippen LogP contribution in [0.25, 0.3) is 0 Å². The molecule has 7 nitrogen and oxygen atoms in total. The number of nitrogens with zero attached hydrogens (tertiary/aromatic N) is 1. The van der Waals surface area contributed by atoms with Crippen molar-refractivity contribution in [2.75, 3.05) is 10.6 Å². The second-order valence-corrected chi connectivity index (χ2v) is 9.99. The van der Waals surface area contributed by atoms with Gasteiger partial charge in [0.1, 0.15) is 5.25 Å². The molecule has 0 saturated heterocycles. The lowest BCUT2D eigenvalue weighted by atomic mass is 10.1. The van der Waals surface area contributed by atoms with E-state index in [1.165, 1.54) is 30.3 Å². The van der Waals surface area contributed by atoms with Crippen LogP contribution in [-0.2, 0) is 11.0 Å². The van der Waals surface area contributed by atoms with E-state index in [4.69, 9.17) is 11.6 Å². The summed E-state index contributed by atoms with van der Waals surface area (Å²) >= 11 is 6.84. The van der Waals surface area contributed by atoms with E-state index in [1.54, 1.807) is 54.6 Å². The van der Waals surface area contributed by atoms with Crippen molar-refractivity contribution >= 4 is 52.2 Å². The fourth-order valence-electron chi connectivity index (χ4n) is 3.68. The van der Waals surface area contributed by atoms with Gasteiger partial charge >= 0.3 is 6.18 Å². The van der Waals surface area contributed by atoms with Gasteiger partial charge in [0.15, 0.2) is 0 Å². The lowest BCUT2D eigenvalue weighted by molar-refractivity contribution is -0.384. The predicted molar refractivity (Wildman–Crippen MR) is 148 cm³/mol. The zero-order valence-corrected chi connectivity index (χ0v) is 21.9. The zero-order valence-electron chi connectivity index (χ0n) is 20.3. The highest BCUT2D eigenvalue weighted by atomic mass is 35.5. The van der Waals surface area contributed by atoms with Crippen LogP contribution in [0.4, 0.5) is 30.2 Å². The van der Waals surface area contributed by atoms with Crippen LogP contribution in [0.5, 0.6) is 0 Å². The normalized spacial score (nSPS) is 11.9. The van der Waals surface area contributed by atoms with Gasteiger partial charge in [-0.1, -0.05) is 48.0 Å². The van der Waals surface area contributed by atoms with E-state index in [9.17, 15) is 32.9 Å². The average molecular weight is 586 g/mol. The van der Waals surface area contributed by atoms with E-state index < -0.39 is 39.4 Å². The third-order valence-electron chi connectivity index (χ3n) is 5.57. The zero-order chi connectivity index (χ0) is 28.9. The minimum absolute atomic E-state index is 0.119. The highest BCUT2D eigenvalue weighted by molar-refractivity contribution is 8.00. The molecule has 0 bridgehead atoms. The molecule has 0 saturated carbocycles. The molecule has 4 rings (SSSR count). The second kappa shape index (κ2) is 12.2. The molecule has 1 atom stereocenters. The van der Waals surface area contributed by atoms with Crippen molar-refractivity contribution in [3.05, 3.63) is 129 Å². The number of nitro benzene ring substituents is 1. The first kappa shape index (κ1) is 28.7. The van der Waals surface area contributed by atoms with Crippen molar-refractivity contribution in [1.82, 2.24) is 0 Å². The third kappa shape index (κ3) is 7.19. The minimum Gasteiger partial charge on any atom is -0.324 e. The molecule has 4 aromatic carbocycles. The Balaban J connectivity index is 1.57. The largest absolute Gasteiger partial charge is 0.418 e. The quantitative estimate of drug-likeness (QED) is 0.124. The highest BCUT2D eigenvalue weighted by Crippen LogP contribution is 2.40. The fourth-order valence-corrected chi connectivity index (χ4v) is 4.94. The van der Waals surface area contributed by atoms with E-state index in [0.717, 1.165) is 23.9 Å². The van der Waals surface area contributed by atoms with Gasteiger partial charge in [-0.2, -0.15) is 13.2 Å². The molecule has 2 amide bonds. The van der Waals surface area contributed by atoms with Crippen molar-refractivity contribution in [3.8, 4) is 0 Å². The Morgan fingerprint density at radius 2 is 1.57 bits per heavy atom. The molecule has 2 N–H and O–H groups in total. The van der Waals surface area contributed by atoms with Crippen LogP contribution in [0.15, 0.2) is 102 Å². The summed E-state index contributed by atoms with van der Waals surface area (Å²) in [4.78, 5) is 36.8. The molecule has 0 aromatic heterocycles. The van der Waals surface area contributed by atoms with Gasteiger partial charge in [0, 0.05) is 33.3 Å². The maximum absolute atomic E-state index is 13.6. The summed E-state index contributed by atoms with van der Waals surface area (Å²) in [6.07, 6.45) is -4.74. The van der Waals surface area contributed by atoms with Crippen LogP contribution in [0, 0.1) is 10.1 Å². The number of amides is 2. The molecule has 0 aliphatic rings. The number of nitrogens with one attached hydrogen (secondary N) is 2. The summed E-state index contributed by atoms with van der Waals surface area (Å²) in [7, 11) is 0. The molecule has 0 spiro atoms. The van der Waals surface area contributed by atoms with Gasteiger partial charge in [-0.15, -0.1) is 11.8 Å². The van der Waals surface area contributed by atoms with Crippen molar-refractivity contribution < 1.29 is 27.7 Å². The molecule has 0 aliphatic heterocycles. The number of nitro groups is 1. The van der Waals surface area contributed by atoms with Gasteiger partial charge in [-0.3, -0.25) is 19.7 Å². The number of carbonyl (C=O) groups is 2. The maximum Gasteiger partial charge on any atom is 0.418 e. The minimum atomic E-state index is -4.74. The maximum atomic E-state index is 13.6. The first-order valence-electron chi connectivity index (χ1n) is 11.6. The number of halogens is 4. The van der Waals surface area contributed by atoms with Crippen molar-refractivity contribution in [3.63, 3.8) is 0 Å². The average Bonchev–Trinajstić information content (AvgIpc) is 2.93. The van der Waals surface area contributed by atoms with Gasteiger partial charge in [-0.25, -0.2) is 0 Å². The summed E-state index contributed by atoms with van der Waals surface area (Å²) in [6, 6.07) is 23.3. The second-order valence-electron chi connectivity index (χ2n) is 8.37. The molecule has 12 heteroatoms. The Hall–Kier alpha value is -4.35. The summed E-state index contributed by atoms with van der Waals surface area (Å²) in [5.41, 5.74) is -0.506. The number of anilines is 2. The van der Waals surface area contributed by atoms with E-state index in [2.05, 4.69) is 10.6 Å². The Morgan fingerprint density at radius 1 is 0.875 bits per heavy atom. The van der Waals surface area contributed by atoms with E-state index >= 15 is 0 Å². The number of alkyl halides is 3. The SMILES string of the molecule is O=C(Nc1cccc(SC(C(=O)Nc2ccc(Cl)cc2C(F)(F)F)c2ccccc2)c1)c1ccc([N+](=O)[O-])cc1. The number of non-ortho nitro benzene ring substituents is 1. The standard InChI is InChI=1S/C28H19ClF3N3O4S/c29-19-11-14-24(23(15-19)28(30,31)32)34-27(37)25(17-5-2-1-3-6-17)40-22-8-4-7-20(16-22)33-26(36)18-9-12-21(13-10-18)35(38)39/h1-16,25H,(H,33,36)(H,34,37). The topological polar surface area (TPSA) is 101 Å². The number of hydrogen-bond donors (Lipinski definition) is 2. The number of hydrogen-bond acceptors (Lipinski definition) is 5. The van der Waals surface area contributed by atoms with Crippen LogP contribution in [0.1, 0.15) is 26.7 Å². The smallest absolute Gasteiger partial charge is 0.324 e. The van der Waals surface area contributed by atoms with E-state index in [0.29, 0.717) is 16.1 Å². The summed E-state index contributed by atoms with van der Waals surface area (Å²) < 4.78 is 40.8. The molecule has 1 unspecified atom stereocenters. The number of benzene rings is 4. The van der Waals surface area contributed by atoms with Gasteiger partial charge in [0.2, 0.25) is 5.91 Å². The number of carbonyl (C=O) groups excluding carboxylic acids is 2. The Labute approximate surface area is 235 Å². The molecule has 0 fully saturated rings. The Bertz CT molecular complexity index is 1550. The number of thioether (sulfide) groups is 1. The molecule has 0 radical (unpaired) electrons. The van der Waals surface area contributed by atoms with Crippen LogP contribution < -0.4 is 10.6 Å². The van der Waals surface area contributed by atoms with Gasteiger partial charge in [-0.05, 0) is 54.1 Å². The fraction of sp³-hybridized carbons (Fsp3) is 0.0714. The van der Waals surface area contributed by atoms with Crippen LogP contribution in [-0.4, -0.2) is 16.7 Å². The molecule has 0 heterocycles. The summed E-state index contributed by atoms with van der Waals surface area (Å²) in [6.45, 7) is 0. The molecule has 4 aromatic rings. The first-order valence-corrected chi connectivity index (χ1v) is 12.8. The molecule has 204 valence electrons. The lowest BCUT2D eigenvalue weighted by Gasteiger charge is -2.20. The van der Waals surface area contributed by atoms with Crippen LogP contribution >= 0.6 is 23.4 Å². The molecule has 40 heavy (non-hydrogen) atoms. The molecular weight excluding hydrogens is 567 g/mol. The van der Waals surface area contributed by atoms with Crippen molar-refractivity contribution in [2.24, 2.45) is 0 Å². The van der Waals surface area contributed by atoms with E-state index in [1.807, 2.05) is 0 Å². The Kier molecular flexibility index (Phi) is 8.76. The summed E-state index contributed by atoms with van der Waals surface area (Å²) in [5.74, 6) is -1.19. The monoisotopic (exact) mass is 585 g/mol. The predicted octanol–water partition coefficient (Wildman–Crippen LogP) is 7.99. The highest BCUT2D eigenvalue weighted by Gasteiger charge is 2.35. The van der Waals surface area contributed by atoms with Gasteiger partial charge in [0.25, 0.3) is 11.6 Å². The first-order chi connectivity index (χ1) is 19.0. The molecular formula is C28H19ClF3N3O4S. The van der Waals surface area contributed by atoms with Crippen molar-refractivity contribution in [1.29, 1.82) is 0 Å². The summed E-state index contributed by atoms with van der Waals surface area (Å²) in [5, 5.41) is 14.9.